The normalized spacial score (nSPS) is 17.5. The van der Waals surface area contributed by atoms with Gasteiger partial charge in [0, 0.05) is 20.3 Å². The molecular weight excluding hydrogens is 176 g/mol. The Kier molecular flexibility index (Phi) is 6.07. The lowest BCUT2D eigenvalue weighted by Gasteiger charge is -2.23. The molecule has 0 fully saturated rings. The van der Waals surface area contributed by atoms with E-state index in [-0.39, 0.29) is 0 Å². The van der Waals surface area contributed by atoms with Crippen LogP contribution >= 0.6 is 0 Å². The second-order valence-electron chi connectivity index (χ2n) is 2.41. The van der Waals surface area contributed by atoms with Gasteiger partial charge in [0.15, 0.2) is 0 Å². The van der Waals surface area contributed by atoms with Crippen LogP contribution in [-0.2, 0) is 13.3 Å². The van der Waals surface area contributed by atoms with Gasteiger partial charge >= 0.3 is 8.08 Å². The molecule has 3 nitrogen and oxygen atoms in total. The molecule has 0 bridgehead atoms. The predicted molar refractivity (Wildman–Crippen MR) is 50.4 cm³/mol. The largest absolute Gasteiger partial charge is 0.422 e. The topological polar surface area (TPSA) is 27.7 Å². The van der Waals surface area contributed by atoms with E-state index >= 15 is 0 Å². The highest BCUT2D eigenvalue weighted by Gasteiger charge is 2.30. The Balaban J connectivity index is 3.68. The van der Waals surface area contributed by atoms with Crippen LogP contribution in [0.4, 0.5) is 0 Å². The van der Waals surface area contributed by atoms with Gasteiger partial charge in [-0.1, -0.05) is 0 Å². The van der Waals surface area contributed by atoms with E-state index in [1.165, 1.54) is 0 Å². The minimum absolute atomic E-state index is 0.588. The summed E-state index contributed by atoms with van der Waals surface area (Å²) in [5.74, 6) is 0. The number of rotatable bonds is 6. The van der Waals surface area contributed by atoms with Crippen molar-refractivity contribution < 1.29 is 13.3 Å². The maximum atomic E-state index is 5.53. The first kappa shape index (κ1) is 11.3. The van der Waals surface area contributed by atoms with Gasteiger partial charge in [-0.2, -0.15) is 0 Å². The lowest BCUT2D eigenvalue weighted by atomic mass is 10.9. The molecule has 0 aromatic rings. The molecule has 1 unspecified atom stereocenters. The van der Waals surface area contributed by atoms with Gasteiger partial charge in [-0.15, -0.1) is 0 Å². The van der Waals surface area contributed by atoms with Crippen LogP contribution in [0.15, 0.2) is 0 Å². The molecule has 11 heavy (non-hydrogen) atoms. The molecule has 0 saturated carbocycles. The molecule has 0 N–H and O–H groups in total. The molecule has 0 heterocycles. The Morgan fingerprint density at radius 1 is 1.27 bits per heavy atom. The number of hydrogen-bond acceptors (Lipinski definition) is 3. The quantitative estimate of drug-likeness (QED) is 0.571. The third kappa shape index (κ3) is 4.70. The van der Waals surface area contributed by atoms with Gasteiger partial charge < -0.3 is 13.3 Å². The highest BCUT2D eigenvalue weighted by Crippen LogP contribution is 2.03. The lowest BCUT2D eigenvalue weighted by molar-refractivity contribution is 0.226. The molecule has 0 amide bonds. The van der Waals surface area contributed by atoms with Crippen LogP contribution in [0.2, 0.25) is 6.55 Å². The van der Waals surface area contributed by atoms with Gasteiger partial charge in [-0.05, 0) is 20.4 Å². The average molecular weight is 194 g/mol. The SMILES string of the molecule is CCO[SiH2][Si](C)(OC)OCC. The minimum Gasteiger partial charge on any atom is -0.422 e. The van der Waals surface area contributed by atoms with E-state index in [9.17, 15) is 0 Å². The minimum atomic E-state index is -1.83. The van der Waals surface area contributed by atoms with E-state index < -0.39 is 17.4 Å². The summed E-state index contributed by atoms with van der Waals surface area (Å²) in [6.07, 6.45) is 0. The zero-order valence-corrected chi connectivity index (χ0v) is 10.3. The Morgan fingerprint density at radius 2 is 1.91 bits per heavy atom. The highest BCUT2D eigenvalue weighted by molar-refractivity contribution is 7.14. The molecule has 0 saturated heterocycles. The molecule has 1 atom stereocenters. The smallest absolute Gasteiger partial charge is 0.338 e. The van der Waals surface area contributed by atoms with Crippen LogP contribution < -0.4 is 0 Å². The maximum absolute atomic E-state index is 5.53. The molecule has 0 spiro atoms. The molecule has 68 valence electrons. The molecule has 0 aromatic heterocycles. The van der Waals surface area contributed by atoms with Gasteiger partial charge in [0.1, 0.15) is 0 Å². The summed E-state index contributed by atoms with van der Waals surface area (Å²) in [7, 11) is -0.699. The average Bonchev–Trinajstić information content (AvgIpc) is 2.02. The first-order valence-corrected chi connectivity index (χ1v) is 9.17. The van der Waals surface area contributed by atoms with E-state index in [0.29, 0.717) is 0 Å². The fourth-order valence-corrected chi connectivity index (χ4v) is 5.20. The zero-order valence-electron chi connectivity index (χ0n) is 7.85. The van der Waals surface area contributed by atoms with Gasteiger partial charge in [-0.25, -0.2) is 0 Å². The van der Waals surface area contributed by atoms with Crippen LogP contribution in [0.3, 0.4) is 0 Å². The summed E-state index contributed by atoms with van der Waals surface area (Å²) in [5, 5.41) is 0. The maximum Gasteiger partial charge on any atom is 0.338 e. The first-order chi connectivity index (χ1) is 5.18. The fraction of sp³-hybridized carbons (Fsp3) is 1.00. The molecule has 0 rings (SSSR count). The summed E-state index contributed by atoms with van der Waals surface area (Å²) < 4.78 is 16.3. The van der Waals surface area contributed by atoms with E-state index in [1.54, 1.807) is 7.11 Å². The van der Waals surface area contributed by atoms with E-state index in [4.69, 9.17) is 13.3 Å². The monoisotopic (exact) mass is 194 g/mol. The molecule has 5 heteroatoms. The van der Waals surface area contributed by atoms with E-state index in [0.717, 1.165) is 13.2 Å². The van der Waals surface area contributed by atoms with Crippen molar-refractivity contribution in [1.29, 1.82) is 0 Å². The second-order valence-corrected chi connectivity index (χ2v) is 10.8. The van der Waals surface area contributed by atoms with Crippen molar-refractivity contribution in [2.24, 2.45) is 0 Å². The molecule has 0 aliphatic rings. The van der Waals surface area contributed by atoms with Crippen molar-refractivity contribution in [2.45, 2.75) is 20.4 Å². The van der Waals surface area contributed by atoms with Gasteiger partial charge in [0.05, 0.1) is 0 Å². The van der Waals surface area contributed by atoms with E-state index in [2.05, 4.69) is 6.55 Å². The van der Waals surface area contributed by atoms with E-state index in [1.807, 2.05) is 13.8 Å². The standard InChI is InChI=1S/C6H18O3Si2/c1-5-8-10-11(4,7-3)9-6-2/h5-6,10H2,1-4H3. The van der Waals surface area contributed by atoms with Crippen LogP contribution in [0.25, 0.3) is 0 Å². The summed E-state index contributed by atoms with van der Waals surface area (Å²) in [6.45, 7) is 7.58. The van der Waals surface area contributed by atoms with Crippen molar-refractivity contribution in [1.82, 2.24) is 0 Å². The van der Waals surface area contributed by atoms with Gasteiger partial charge in [-0.3, -0.25) is 0 Å². The third-order valence-electron chi connectivity index (χ3n) is 1.45. The van der Waals surface area contributed by atoms with Crippen molar-refractivity contribution in [3.05, 3.63) is 0 Å². The molecular formula is C6H18O3Si2. The Bertz CT molecular complexity index is 102. The highest BCUT2D eigenvalue weighted by atomic mass is 29.2. The number of hydrogen-bond donors (Lipinski definition) is 0. The third-order valence-corrected chi connectivity index (χ3v) is 8.01. The summed E-state index contributed by atoms with van der Waals surface area (Å²) in [5.41, 5.74) is 0. The Hall–Kier alpha value is 0.314. The predicted octanol–water partition coefficient (Wildman–Crippen LogP) is 0.358. The summed E-state index contributed by atoms with van der Waals surface area (Å²) in [6, 6.07) is 0. The van der Waals surface area contributed by atoms with Crippen molar-refractivity contribution in [3.8, 4) is 0 Å². The Morgan fingerprint density at radius 3 is 2.27 bits per heavy atom. The molecule has 0 aliphatic heterocycles. The van der Waals surface area contributed by atoms with Crippen LogP contribution in [0, 0.1) is 0 Å². The fourth-order valence-electron chi connectivity index (χ4n) is 0.752. The van der Waals surface area contributed by atoms with Crippen LogP contribution in [0.1, 0.15) is 13.8 Å². The van der Waals surface area contributed by atoms with Crippen LogP contribution in [-0.4, -0.2) is 37.7 Å². The zero-order chi connectivity index (χ0) is 8.74. The summed E-state index contributed by atoms with van der Waals surface area (Å²) >= 11 is 0. The molecule has 0 aromatic carbocycles. The first-order valence-electron chi connectivity index (χ1n) is 3.95. The summed E-state index contributed by atoms with van der Waals surface area (Å²) in [4.78, 5) is 0. The second kappa shape index (κ2) is 5.90. The molecule has 0 radical (unpaired) electrons. The van der Waals surface area contributed by atoms with Gasteiger partial charge in [0.2, 0.25) is 9.28 Å². The van der Waals surface area contributed by atoms with Crippen molar-refractivity contribution >= 4 is 17.4 Å². The van der Waals surface area contributed by atoms with Gasteiger partial charge in [0.25, 0.3) is 0 Å². The van der Waals surface area contributed by atoms with Crippen LogP contribution in [0.5, 0.6) is 0 Å². The lowest BCUT2D eigenvalue weighted by Crippen LogP contribution is -2.46. The van der Waals surface area contributed by atoms with Crippen molar-refractivity contribution in [3.63, 3.8) is 0 Å². The van der Waals surface area contributed by atoms with Crippen molar-refractivity contribution in [2.75, 3.05) is 20.3 Å². The molecule has 0 aliphatic carbocycles. The Labute approximate surface area is 72.0 Å².